The summed E-state index contributed by atoms with van der Waals surface area (Å²) in [5, 5.41) is 0. The predicted molar refractivity (Wildman–Crippen MR) is 38.1 cm³/mol. The quantitative estimate of drug-likeness (QED) is 0.521. The second kappa shape index (κ2) is 2.72. The lowest BCUT2D eigenvalue weighted by atomic mass is 10.1. The maximum absolute atomic E-state index is 5.29. The molecule has 1 nitrogen and oxygen atoms in total. The molecule has 50 valence electrons. The number of allylic oxidation sites excluding steroid dienone is 3. The lowest BCUT2D eigenvalue weighted by molar-refractivity contribution is 0.191. The highest BCUT2D eigenvalue weighted by atomic mass is 16.5. The molecule has 0 N–H and O–H groups in total. The second-order valence-corrected chi connectivity index (χ2v) is 2.24. The van der Waals surface area contributed by atoms with Gasteiger partial charge in [-0.05, 0) is 25.3 Å². The minimum Gasteiger partial charge on any atom is -0.498 e. The molecule has 0 aliphatic carbocycles. The maximum Gasteiger partial charge on any atom is 0.0960 e. The molecule has 0 atom stereocenters. The van der Waals surface area contributed by atoms with E-state index in [4.69, 9.17) is 4.74 Å². The van der Waals surface area contributed by atoms with Crippen LogP contribution >= 0.6 is 0 Å². The Balaban J connectivity index is 2.70. The molecule has 0 aromatic carbocycles. The average Bonchev–Trinajstić information content (AvgIpc) is 1.89. The molecule has 0 saturated heterocycles. The van der Waals surface area contributed by atoms with E-state index in [1.54, 1.807) is 0 Å². The van der Waals surface area contributed by atoms with Gasteiger partial charge in [-0.3, -0.25) is 0 Å². The fourth-order valence-corrected chi connectivity index (χ4v) is 1.00. The van der Waals surface area contributed by atoms with Gasteiger partial charge in [0.25, 0.3) is 0 Å². The zero-order valence-corrected chi connectivity index (χ0v) is 5.81. The molecule has 1 heteroatoms. The normalized spacial score (nSPS) is 19.2. The molecule has 0 spiro atoms. The summed E-state index contributed by atoms with van der Waals surface area (Å²) in [6.45, 7) is 6.57. The number of rotatable bonds is 1. The third-order valence-electron chi connectivity index (χ3n) is 1.61. The molecule has 0 aromatic rings. The third-order valence-corrected chi connectivity index (χ3v) is 1.61. The molecule has 9 heavy (non-hydrogen) atoms. The van der Waals surface area contributed by atoms with Gasteiger partial charge in [0.15, 0.2) is 0 Å². The molecular formula is C8H12O. The molecule has 0 fully saturated rings. The first-order valence-electron chi connectivity index (χ1n) is 3.29. The van der Waals surface area contributed by atoms with Crippen LogP contribution in [0.15, 0.2) is 24.0 Å². The molecule has 1 rings (SSSR count). The summed E-state index contributed by atoms with van der Waals surface area (Å²) in [5.41, 5.74) is 1.27. The van der Waals surface area contributed by atoms with E-state index in [0.29, 0.717) is 0 Å². The van der Waals surface area contributed by atoms with E-state index in [9.17, 15) is 0 Å². The molecule has 0 bridgehead atoms. The highest BCUT2D eigenvalue weighted by Gasteiger charge is 2.05. The van der Waals surface area contributed by atoms with Gasteiger partial charge in [0.1, 0.15) is 0 Å². The molecule has 0 unspecified atom stereocenters. The summed E-state index contributed by atoms with van der Waals surface area (Å²) in [6.07, 6.45) is 4.16. The summed E-state index contributed by atoms with van der Waals surface area (Å²) in [5.74, 6) is 1.05. The summed E-state index contributed by atoms with van der Waals surface area (Å²) in [7, 11) is 0. The fourth-order valence-electron chi connectivity index (χ4n) is 1.00. The number of ether oxygens (including phenoxy) is 1. The Bertz CT molecular complexity index is 145. The van der Waals surface area contributed by atoms with Crippen molar-refractivity contribution < 1.29 is 4.74 Å². The van der Waals surface area contributed by atoms with E-state index in [-0.39, 0.29) is 0 Å². The lowest BCUT2D eigenvalue weighted by Crippen LogP contribution is -2.02. The maximum atomic E-state index is 5.29. The zero-order valence-electron chi connectivity index (χ0n) is 5.81. The Labute approximate surface area is 56.0 Å². The van der Waals surface area contributed by atoms with Crippen molar-refractivity contribution in [1.82, 2.24) is 0 Å². The molecule has 0 aromatic heterocycles. The van der Waals surface area contributed by atoms with E-state index in [1.807, 2.05) is 13.0 Å². The van der Waals surface area contributed by atoms with Gasteiger partial charge < -0.3 is 4.74 Å². The summed E-state index contributed by atoms with van der Waals surface area (Å²) >= 11 is 0. The molecule has 1 aliphatic heterocycles. The van der Waals surface area contributed by atoms with Gasteiger partial charge in [0.2, 0.25) is 0 Å². The Kier molecular flexibility index (Phi) is 1.93. The van der Waals surface area contributed by atoms with Crippen molar-refractivity contribution in [3.8, 4) is 0 Å². The van der Waals surface area contributed by atoms with Crippen molar-refractivity contribution in [3.63, 3.8) is 0 Å². The fraction of sp³-hybridized carbons (Fsp3) is 0.500. The van der Waals surface area contributed by atoms with Crippen LogP contribution in [0.3, 0.4) is 0 Å². The standard InChI is InChI=1S/C8H12O/c1-3-8-5-4-6-9-7(8)2/h3H,1,4-6H2,2H3. The van der Waals surface area contributed by atoms with Crippen molar-refractivity contribution in [3.05, 3.63) is 24.0 Å². The van der Waals surface area contributed by atoms with Crippen LogP contribution < -0.4 is 0 Å². The highest BCUT2D eigenvalue weighted by Crippen LogP contribution is 2.18. The van der Waals surface area contributed by atoms with Crippen molar-refractivity contribution in [1.29, 1.82) is 0 Å². The van der Waals surface area contributed by atoms with Gasteiger partial charge in [-0.15, -0.1) is 0 Å². The Morgan fingerprint density at radius 3 is 2.89 bits per heavy atom. The van der Waals surface area contributed by atoms with Crippen molar-refractivity contribution in [2.24, 2.45) is 0 Å². The molecule has 1 aliphatic rings. The molecule has 0 radical (unpaired) electrons. The third kappa shape index (κ3) is 1.35. The summed E-state index contributed by atoms with van der Waals surface area (Å²) in [6, 6.07) is 0. The van der Waals surface area contributed by atoms with Crippen molar-refractivity contribution in [2.45, 2.75) is 19.8 Å². The number of hydrogen-bond acceptors (Lipinski definition) is 1. The van der Waals surface area contributed by atoms with Crippen LogP contribution in [0.1, 0.15) is 19.8 Å². The van der Waals surface area contributed by atoms with Crippen LogP contribution in [0.25, 0.3) is 0 Å². The SMILES string of the molecule is C=CC1=C(C)OCCC1. The van der Waals surface area contributed by atoms with Gasteiger partial charge >= 0.3 is 0 Å². The van der Waals surface area contributed by atoms with E-state index in [1.165, 1.54) is 5.57 Å². The molecule has 0 saturated carbocycles. The number of hydrogen-bond donors (Lipinski definition) is 0. The molecule has 1 heterocycles. The molecular weight excluding hydrogens is 112 g/mol. The van der Waals surface area contributed by atoms with E-state index in [0.717, 1.165) is 25.2 Å². The van der Waals surface area contributed by atoms with Gasteiger partial charge in [0, 0.05) is 0 Å². The van der Waals surface area contributed by atoms with E-state index >= 15 is 0 Å². The van der Waals surface area contributed by atoms with Crippen LogP contribution in [0.4, 0.5) is 0 Å². The van der Waals surface area contributed by atoms with Crippen LogP contribution in [-0.4, -0.2) is 6.61 Å². The van der Waals surface area contributed by atoms with Crippen molar-refractivity contribution >= 4 is 0 Å². The van der Waals surface area contributed by atoms with Gasteiger partial charge in [-0.1, -0.05) is 12.7 Å². The first-order chi connectivity index (χ1) is 4.34. The van der Waals surface area contributed by atoms with Gasteiger partial charge in [-0.2, -0.15) is 0 Å². The average molecular weight is 124 g/mol. The zero-order chi connectivity index (χ0) is 6.69. The summed E-state index contributed by atoms with van der Waals surface area (Å²) < 4.78 is 5.29. The Morgan fingerprint density at radius 1 is 1.67 bits per heavy atom. The second-order valence-electron chi connectivity index (χ2n) is 2.24. The van der Waals surface area contributed by atoms with Crippen LogP contribution in [0.5, 0.6) is 0 Å². The largest absolute Gasteiger partial charge is 0.498 e. The smallest absolute Gasteiger partial charge is 0.0960 e. The van der Waals surface area contributed by atoms with E-state index in [2.05, 4.69) is 6.58 Å². The van der Waals surface area contributed by atoms with E-state index < -0.39 is 0 Å². The van der Waals surface area contributed by atoms with Crippen LogP contribution in [-0.2, 0) is 4.74 Å². The Morgan fingerprint density at radius 2 is 2.44 bits per heavy atom. The minimum absolute atomic E-state index is 0.878. The monoisotopic (exact) mass is 124 g/mol. The Hall–Kier alpha value is -0.720. The first kappa shape index (κ1) is 6.40. The highest BCUT2D eigenvalue weighted by molar-refractivity contribution is 5.20. The van der Waals surface area contributed by atoms with Crippen LogP contribution in [0, 0.1) is 0 Å². The predicted octanol–water partition coefficient (Wildman–Crippen LogP) is 2.26. The van der Waals surface area contributed by atoms with Crippen molar-refractivity contribution in [2.75, 3.05) is 6.61 Å². The lowest BCUT2D eigenvalue weighted by Gasteiger charge is -2.15. The topological polar surface area (TPSA) is 9.23 Å². The first-order valence-corrected chi connectivity index (χ1v) is 3.29. The minimum atomic E-state index is 0.878. The molecule has 0 amide bonds. The van der Waals surface area contributed by atoms with Crippen LogP contribution in [0.2, 0.25) is 0 Å². The summed E-state index contributed by atoms with van der Waals surface area (Å²) in [4.78, 5) is 0. The van der Waals surface area contributed by atoms with Gasteiger partial charge in [0.05, 0.1) is 12.4 Å². The van der Waals surface area contributed by atoms with Gasteiger partial charge in [-0.25, -0.2) is 0 Å².